The molecule has 1 unspecified atom stereocenters. The van der Waals surface area contributed by atoms with Gasteiger partial charge in [-0.15, -0.1) is 0 Å². The first kappa shape index (κ1) is 12.3. The summed E-state index contributed by atoms with van der Waals surface area (Å²) in [5, 5.41) is 0. The summed E-state index contributed by atoms with van der Waals surface area (Å²) in [7, 11) is 1.68. The van der Waals surface area contributed by atoms with E-state index in [0.717, 1.165) is 37.0 Å². The summed E-state index contributed by atoms with van der Waals surface area (Å²) < 4.78 is 11.2. The van der Waals surface area contributed by atoms with Crippen molar-refractivity contribution in [2.24, 2.45) is 4.99 Å². The minimum absolute atomic E-state index is 0.0582. The van der Waals surface area contributed by atoms with E-state index in [-0.39, 0.29) is 6.10 Å². The van der Waals surface area contributed by atoms with Crippen molar-refractivity contribution in [3.63, 3.8) is 0 Å². The van der Waals surface area contributed by atoms with E-state index < -0.39 is 0 Å². The molecule has 1 aromatic rings. The first-order chi connectivity index (χ1) is 9.36. The summed E-state index contributed by atoms with van der Waals surface area (Å²) in [4.78, 5) is 6.82. The Morgan fingerprint density at radius 2 is 1.89 bits per heavy atom. The third kappa shape index (κ3) is 2.67. The lowest BCUT2D eigenvalue weighted by molar-refractivity contribution is 0.175. The number of rotatable bonds is 2. The van der Waals surface area contributed by atoms with Gasteiger partial charge < -0.3 is 14.4 Å². The van der Waals surface area contributed by atoms with Gasteiger partial charge in [-0.1, -0.05) is 12.1 Å². The van der Waals surface area contributed by atoms with Crippen LogP contribution in [-0.4, -0.2) is 37.7 Å². The fourth-order valence-corrected chi connectivity index (χ4v) is 2.61. The Balaban J connectivity index is 1.63. The quantitative estimate of drug-likeness (QED) is 0.819. The highest BCUT2D eigenvalue weighted by Crippen LogP contribution is 2.26. The number of ether oxygens (including phenoxy) is 2. The Labute approximate surface area is 114 Å². The maximum atomic E-state index is 6.00. The molecule has 0 radical (unpaired) electrons. The van der Waals surface area contributed by atoms with Crippen molar-refractivity contribution >= 4 is 6.02 Å². The van der Waals surface area contributed by atoms with Gasteiger partial charge in [0.05, 0.1) is 13.7 Å². The zero-order valence-electron chi connectivity index (χ0n) is 11.3. The molecule has 1 aromatic carbocycles. The van der Waals surface area contributed by atoms with Gasteiger partial charge in [0.25, 0.3) is 6.02 Å². The van der Waals surface area contributed by atoms with Crippen LogP contribution in [0, 0.1) is 0 Å². The van der Waals surface area contributed by atoms with E-state index in [2.05, 4.69) is 22.0 Å². The normalized spacial score (nSPS) is 22.9. The van der Waals surface area contributed by atoms with Crippen LogP contribution in [0.2, 0.25) is 0 Å². The van der Waals surface area contributed by atoms with Crippen molar-refractivity contribution in [3.05, 3.63) is 29.8 Å². The van der Waals surface area contributed by atoms with Crippen molar-refractivity contribution in [2.75, 3.05) is 26.7 Å². The molecule has 2 heterocycles. The number of piperidine rings is 1. The summed E-state index contributed by atoms with van der Waals surface area (Å²) in [6, 6.07) is 8.88. The Morgan fingerprint density at radius 1 is 1.16 bits per heavy atom. The van der Waals surface area contributed by atoms with Gasteiger partial charge in [-0.2, -0.15) is 0 Å². The zero-order chi connectivity index (χ0) is 13.1. The van der Waals surface area contributed by atoms with E-state index >= 15 is 0 Å². The van der Waals surface area contributed by atoms with Crippen LogP contribution < -0.4 is 4.74 Å². The molecule has 0 amide bonds. The molecule has 0 saturated carbocycles. The van der Waals surface area contributed by atoms with Crippen LogP contribution in [0.5, 0.6) is 5.75 Å². The van der Waals surface area contributed by atoms with Gasteiger partial charge in [0.2, 0.25) is 0 Å². The fraction of sp³-hybridized carbons (Fsp3) is 0.533. The summed E-state index contributed by atoms with van der Waals surface area (Å²) in [5.74, 6) is 0.874. The molecule has 0 bridgehead atoms. The van der Waals surface area contributed by atoms with E-state index in [1.165, 1.54) is 19.3 Å². The minimum Gasteiger partial charge on any atom is -0.497 e. The second kappa shape index (κ2) is 5.51. The van der Waals surface area contributed by atoms with Gasteiger partial charge in [-0.3, -0.25) is 0 Å². The third-order valence-corrected chi connectivity index (χ3v) is 3.75. The van der Waals surface area contributed by atoms with Crippen LogP contribution in [0.25, 0.3) is 0 Å². The first-order valence-electron chi connectivity index (χ1n) is 6.97. The lowest BCUT2D eigenvalue weighted by atomic mass is 10.1. The average molecular weight is 260 g/mol. The van der Waals surface area contributed by atoms with Gasteiger partial charge in [0.15, 0.2) is 0 Å². The highest BCUT2D eigenvalue weighted by Gasteiger charge is 2.26. The highest BCUT2D eigenvalue weighted by molar-refractivity contribution is 5.75. The van der Waals surface area contributed by atoms with Crippen LogP contribution in [0.3, 0.4) is 0 Å². The largest absolute Gasteiger partial charge is 0.497 e. The van der Waals surface area contributed by atoms with Gasteiger partial charge in [-0.25, -0.2) is 4.99 Å². The fourth-order valence-electron chi connectivity index (χ4n) is 2.61. The van der Waals surface area contributed by atoms with E-state index in [9.17, 15) is 0 Å². The number of aliphatic imine (C=N–C) groups is 1. The lowest BCUT2D eigenvalue weighted by Crippen LogP contribution is -2.36. The minimum atomic E-state index is 0.0582. The van der Waals surface area contributed by atoms with Crippen LogP contribution in [0.15, 0.2) is 29.3 Å². The molecular weight excluding hydrogens is 240 g/mol. The molecule has 4 nitrogen and oxygen atoms in total. The predicted octanol–water partition coefficient (Wildman–Crippen LogP) is 2.61. The summed E-state index contributed by atoms with van der Waals surface area (Å²) in [5.41, 5.74) is 1.16. The smallest absolute Gasteiger partial charge is 0.288 e. The van der Waals surface area contributed by atoms with Gasteiger partial charge >= 0.3 is 0 Å². The number of likely N-dealkylation sites (tertiary alicyclic amines) is 1. The number of hydrogen-bond acceptors (Lipinski definition) is 4. The number of nitrogens with zero attached hydrogens (tertiary/aromatic N) is 2. The molecule has 3 rings (SSSR count). The van der Waals surface area contributed by atoms with E-state index in [4.69, 9.17) is 9.47 Å². The molecule has 4 heteroatoms. The Bertz CT molecular complexity index is 450. The SMILES string of the molecule is COc1ccc(C2CN=C(N3CCCCC3)O2)cc1. The molecule has 1 atom stereocenters. The van der Waals surface area contributed by atoms with Crippen LogP contribution >= 0.6 is 0 Å². The summed E-state index contributed by atoms with van der Waals surface area (Å²) >= 11 is 0. The number of hydrogen-bond donors (Lipinski definition) is 0. The Morgan fingerprint density at radius 3 is 2.58 bits per heavy atom. The monoisotopic (exact) mass is 260 g/mol. The van der Waals surface area contributed by atoms with Crippen molar-refractivity contribution in [3.8, 4) is 5.75 Å². The zero-order valence-corrected chi connectivity index (χ0v) is 11.3. The van der Waals surface area contributed by atoms with Gasteiger partial charge in [-0.05, 0) is 37.0 Å². The second-order valence-electron chi connectivity index (χ2n) is 5.05. The van der Waals surface area contributed by atoms with E-state index in [1.54, 1.807) is 7.11 Å². The topological polar surface area (TPSA) is 34.1 Å². The molecule has 2 aliphatic rings. The summed E-state index contributed by atoms with van der Waals surface area (Å²) in [6.45, 7) is 2.88. The molecule has 1 saturated heterocycles. The van der Waals surface area contributed by atoms with Gasteiger partial charge in [0.1, 0.15) is 11.9 Å². The molecular formula is C15H20N2O2. The summed E-state index contributed by atoms with van der Waals surface area (Å²) in [6.07, 6.45) is 3.87. The molecule has 0 N–H and O–H groups in total. The first-order valence-corrected chi connectivity index (χ1v) is 6.97. The predicted molar refractivity (Wildman–Crippen MR) is 74.5 cm³/mol. The van der Waals surface area contributed by atoms with Crippen molar-refractivity contribution in [1.29, 1.82) is 0 Å². The molecule has 0 aliphatic carbocycles. The number of amidine groups is 1. The van der Waals surface area contributed by atoms with E-state index in [1.807, 2.05) is 12.1 Å². The molecule has 19 heavy (non-hydrogen) atoms. The molecule has 1 fully saturated rings. The van der Waals surface area contributed by atoms with E-state index in [0.29, 0.717) is 0 Å². The standard InChI is InChI=1S/C15H20N2O2/c1-18-13-7-5-12(6-8-13)14-11-16-15(19-14)17-9-3-2-4-10-17/h5-8,14H,2-4,9-11H2,1H3. The second-order valence-corrected chi connectivity index (χ2v) is 5.05. The maximum absolute atomic E-state index is 6.00. The highest BCUT2D eigenvalue weighted by atomic mass is 16.5. The van der Waals surface area contributed by atoms with Crippen LogP contribution in [0.1, 0.15) is 30.9 Å². The number of methoxy groups -OCH3 is 1. The maximum Gasteiger partial charge on any atom is 0.288 e. The van der Waals surface area contributed by atoms with Gasteiger partial charge in [0, 0.05) is 13.1 Å². The Hall–Kier alpha value is -1.71. The Kier molecular flexibility index (Phi) is 3.58. The van der Waals surface area contributed by atoms with Crippen LogP contribution in [-0.2, 0) is 4.74 Å². The van der Waals surface area contributed by atoms with Crippen molar-refractivity contribution < 1.29 is 9.47 Å². The molecule has 0 aromatic heterocycles. The van der Waals surface area contributed by atoms with Crippen molar-refractivity contribution in [1.82, 2.24) is 4.90 Å². The molecule has 2 aliphatic heterocycles. The molecule has 0 spiro atoms. The molecule has 102 valence electrons. The third-order valence-electron chi connectivity index (χ3n) is 3.75. The lowest BCUT2D eigenvalue weighted by Gasteiger charge is -2.27. The van der Waals surface area contributed by atoms with Crippen LogP contribution in [0.4, 0.5) is 0 Å². The number of benzene rings is 1. The average Bonchev–Trinajstić information content (AvgIpc) is 2.98. The van der Waals surface area contributed by atoms with Crippen molar-refractivity contribution in [2.45, 2.75) is 25.4 Å².